The Balaban J connectivity index is 2.44. The summed E-state index contributed by atoms with van der Waals surface area (Å²) in [6.07, 6.45) is 1.04. The van der Waals surface area contributed by atoms with Crippen molar-refractivity contribution in [3.05, 3.63) is 59.7 Å². The number of carbonyl (C=O) groups excluding carboxylic acids is 2. The Kier molecular flexibility index (Phi) is 9.49. The van der Waals surface area contributed by atoms with Crippen molar-refractivity contribution in [2.45, 2.75) is 53.2 Å². The number of ether oxygens (including phenoxy) is 1. The molecule has 2 rings (SSSR count). The van der Waals surface area contributed by atoms with Gasteiger partial charge in [0, 0.05) is 12.6 Å². The topological polar surface area (TPSA) is 96.0 Å². The van der Waals surface area contributed by atoms with E-state index in [1.165, 1.54) is 4.90 Å². The standard InChI is InChI=1S/C25H35N3O5S/c1-7-33-23-14-9-8-13-22(23)28(34(6,31)32)17-24(29)27(20(5)25(30)26-18(2)3)16-21-12-10-11-19(4)15-21/h8-15,18,20H,7,16-17H2,1-6H3,(H,26,30)/t20-/m0/s1. The maximum absolute atomic E-state index is 13.6. The molecule has 0 aliphatic carbocycles. The molecule has 0 aliphatic heterocycles. The largest absolute Gasteiger partial charge is 0.492 e. The fourth-order valence-corrected chi connectivity index (χ4v) is 4.38. The number of sulfonamides is 1. The second-order valence-corrected chi connectivity index (χ2v) is 10.4. The highest BCUT2D eigenvalue weighted by molar-refractivity contribution is 7.92. The van der Waals surface area contributed by atoms with Crippen molar-refractivity contribution in [1.82, 2.24) is 10.2 Å². The fourth-order valence-electron chi connectivity index (χ4n) is 3.53. The van der Waals surface area contributed by atoms with Crippen LogP contribution in [0.15, 0.2) is 48.5 Å². The number of aryl methyl sites for hydroxylation is 1. The van der Waals surface area contributed by atoms with E-state index in [4.69, 9.17) is 4.74 Å². The molecule has 0 fully saturated rings. The van der Waals surface area contributed by atoms with E-state index in [-0.39, 0.29) is 24.2 Å². The fraction of sp³-hybridized carbons (Fsp3) is 0.440. The smallest absolute Gasteiger partial charge is 0.244 e. The molecule has 2 aromatic carbocycles. The minimum atomic E-state index is -3.83. The lowest BCUT2D eigenvalue weighted by Gasteiger charge is -2.32. The van der Waals surface area contributed by atoms with Gasteiger partial charge in [-0.2, -0.15) is 0 Å². The van der Waals surface area contributed by atoms with Gasteiger partial charge in [0.05, 0.1) is 18.6 Å². The molecule has 0 saturated heterocycles. The summed E-state index contributed by atoms with van der Waals surface area (Å²) >= 11 is 0. The van der Waals surface area contributed by atoms with Gasteiger partial charge in [0.1, 0.15) is 18.3 Å². The van der Waals surface area contributed by atoms with Gasteiger partial charge < -0.3 is 15.0 Å². The molecule has 0 heterocycles. The average molecular weight is 490 g/mol. The van der Waals surface area contributed by atoms with Gasteiger partial charge in [-0.25, -0.2) is 8.42 Å². The van der Waals surface area contributed by atoms with Crippen LogP contribution in [0.25, 0.3) is 0 Å². The summed E-state index contributed by atoms with van der Waals surface area (Å²) in [5.74, 6) is -0.444. The highest BCUT2D eigenvalue weighted by Gasteiger charge is 2.31. The molecule has 2 amide bonds. The van der Waals surface area contributed by atoms with Gasteiger partial charge in [0.15, 0.2) is 0 Å². The van der Waals surface area contributed by atoms with Crippen LogP contribution in [-0.2, 0) is 26.2 Å². The molecule has 1 atom stereocenters. The van der Waals surface area contributed by atoms with Crippen molar-refractivity contribution in [3.63, 3.8) is 0 Å². The third-order valence-corrected chi connectivity index (χ3v) is 6.27. The molecular formula is C25H35N3O5S. The molecule has 0 saturated carbocycles. The Hall–Kier alpha value is -3.07. The molecule has 1 N–H and O–H groups in total. The number of nitrogens with one attached hydrogen (secondary N) is 1. The minimum Gasteiger partial charge on any atom is -0.492 e. The first-order valence-corrected chi connectivity index (χ1v) is 13.1. The maximum atomic E-state index is 13.6. The number of anilines is 1. The summed E-state index contributed by atoms with van der Waals surface area (Å²) in [5.41, 5.74) is 2.14. The van der Waals surface area contributed by atoms with Crippen molar-refractivity contribution in [1.29, 1.82) is 0 Å². The number of hydrogen-bond acceptors (Lipinski definition) is 5. The normalized spacial score (nSPS) is 12.2. The zero-order valence-corrected chi connectivity index (χ0v) is 21.6. The second kappa shape index (κ2) is 11.9. The Morgan fingerprint density at radius 3 is 2.32 bits per heavy atom. The Labute approximate surface area is 202 Å². The van der Waals surface area contributed by atoms with Crippen molar-refractivity contribution >= 4 is 27.5 Å². The highest BCUT2D eigenvalue weighted by atomic mass is 32.2. The van der Waals surface area contributed by atoms with Gasteiger partial charge in [-0.1, -0.05) is 42.0 Å². The van der Waals surface area contributed by atoms with Crippen LogP contribution in [0.3, 0.4) is 0 Å². The van der Waals surface area contributed by atoms with E-state index in [2.05, 4.69) is 5.32 Å². The lowest BCUT2D eigenvalue weighted by atomic mass is 10.1. The first-order chi connectivity index (χ1) is 15.9. The molecule has 0 bridgehead atoms. The van der Waals surface area contributed by atoms with E-state index in [1.54, 1.807) is 38.1 Å². The van der Waals surface area contributed by atoms with Crippen LogP contribution in [0, 0.1) is 6.92 Å². The van der Waals surface area contributed by atoms with Crippen LogP contribution in [0.1, 0.15) is 38.8 Å². The molecule has 8 nitrogen and oxygen atoms in total. The molecule has 0 aliphatic rings. The molecule has 186 valence electrons. The van der Waals surface area contributed by atoms with E-state index in [1.807, 2.05) is 45.0 Å². The van der Waals surface area contributed by atoms with E-state index in [0.29, 0.717) is 12.4 Å². The molecule has 0 aromatic heterocycles. The van der Waals surface area contributed by atoms with Crippen LogP contribution in [0.5, 0.6) is 5.75 Å². The van der Waals surface area contributed by atoms with Gasteiger partial charge in [-0.3, -0.25) is 13.9 Å². The van der Waals surface area contributed by atoms with Crippen LogP contribution in [-0.4, -0.2) is 56.6 Å². The van der Waals surface area contributed by atoms with Gasteiger partial charge in [0.2, 0.25) is 21.8 Å². The Morgan fingerprint density at radius 1 is 1.06 bits per heavy atom. The predicted molar refractivity (Wildman–Crippen MR) is 134 cm³/mol. The number of hydrogen-bond donors (Lipinski definition) is 1. The van der Waals surface area contributed by atoms with Crippen molar-refractivity contribution in [2.75, 3.05) is 23.7 Å². The van der Waals surface area contributed by atoms with Crippen LogP contribution < -0.4 is 14.4 Å². The summed E-state index contributed by atoms with van der Waals surface area (Å²) < 4.78 is 32.1. The van der Waals surface area contributed by atoms with Crippen molar-refractivity contribution in [2.24, 2.45) is 0 Å². The average Bonchev–Trinajstić information content (AvgIpc) is 2.75. The number of benzene rings is 2. The quantitative estimate of drug-likeness (QED) is 0.523. The molecule has 0 spiro atoms. The molecule has 0 radical (unpaired) electrons. The van der Waals surface area contributed by atoms with Gasteiger partial charge in [0.25, 0.3) is 0 Å². The zero-order chi connectivity index (χ0) is 25.5. The number of para-hydroxylation sites is 2. The van der Waals surface area contributed by atoms with Gasteiger partial charge >= 0.3 is 0 Å². The highest BCUT2D eigenvalue weighted by Crippen LogP contribution is 2.30. The summed E-state index contributed by atoms with van der Waals surface area (Å²) in [6.45, 7) is 9.11. The molecule has 34 heavy (non-hydrogen) atoms. The SMILES string of the molecule is CCOc1ccccc1N(CC(=O)N(Cc1cccc(C)c1)[C@@H](C)C(=O)NC(C)C)S(C)(=O)=O. The number of nitrogens with zero attached hydrogens (tertiary/aromatic N) is 2. The summed E-state index contributed by atoms with van der Waals surface area (Å²) in [7, 11) is -3.83. The van der Waals surface area contributed by atoms with Gasteiger partial charge in [-0.15, -0.1) is 0 Å². The summed E-state index contributed by atoms with van der Waals surface area (Å²) in [5, 5.41) is 2.83. The van der Waals surface area contributed by atoms with E-state index in [0.717, 1.165) is 21.7 Å². The zero-order valence-electron chi connectivity index (χ0n) is 20.7. The van der Waals surface area contributed by atoms with Crippen LogP contribution >= 0.6 is 0 Å². The monoisotopic (exact) mass is 489 g/mol. The lowest BCUT2D eigenvalue weighted by Crippen LogP contribution is -2.52. The summed E-state index contributed by atoms with van der Waals surface area (Å²) in [4.78, 5) is 27.8. The number of rotatable bonds is 11. The first kappa shape index (κ1) is 27.2. The predicted octanol–water partition coefficient (Wildman–Crippen LogP) is 3.10. The molecule has 0 unspecified atom stereocenters. The molecule has 9 heteroatoms. The Bertz CT molecular complexity index is 1100. The van der Waals surface area contributed by atoms with Crippen LogP contribution in [0.4, 0.5) is 5.69 Å². The van der Waals surface area contributed by atoms with E-state index in [9.17, 15) is 18.0 Å². The third kappa shape index (κ3) is 7.48. The van der Waals surface area contributed by atoms with Crippen molar-refractivity contribution < 1.29 is 22.7 Å². The Morgan fingerprint density at radius 2 is 1.74 bits per heavy atom. The van der Waals surface area contributed by atoms with Crippen molar-refractivity contribution in [3.8, 4) is 5.75 Å². The minimum absolute atomic E-state index is 0.101. The van der Waals surface area contributed by atoms with Crippen LogP contribution in [0.2, 0.25) is 0 Å². The molecular weight excluding hydrogens is 454 g/mol. The van der Waals surface area contributed by atoms with E-state index < -0.39 is 28.5 Å². The third-order valence-electron chi connectivity index (χ3n) is 5.15. The molecule has 2 aromatic rings. The summed E-state index contributed by atoms with van der Waals surface area (Å²) in [6, 6.07) is 13.4. The maximum Gasteiger partial charge on any atom is 0.244 e. The number of amides is 2. The van der Waals surface area contributed by atoms with Gasteiger partial charge in [-0.05, 0) is 52.3 Å². The number of carbonyl (C=O) groups is 2. The first-order valence-electron chi connectivity index (χ1n) is 11.3. The second-order valence-electron chi connectivity index (χ2n) is 8.52. The van der Waals surface area contributed by atoms with E-state index >= 15 is 0 Å². The lowest BCUT2D eigenvalue weighted by molar-refractivity contribution is -0.139.